The molecule has 0 radical (unpaired) electrons. The van der Waals surface area contributed by atoms with Gasteiger partial charge in [-0.1, -0.05) is 19.8 Å². The molecule has 0 N–H and O–H groups in total. The Bertz CT molecular complexity index is 174. The van der Waals surface area contributed by atoms with Crippen molar-refractivity contribution in [3.05, 3.63) is 0 Å². The minimum absolute atomic E-state index is 0.131. The van der Waals surface area contributed by atoms with Gasteiger partial charge < -0.3 is 9.47 Å². The van der Waals surface area contributed by atoms with Gasteiger partial charge in [0.2, 0.25) is 0 Å². The number of hydrogen-bond acceptors (Lipinski definition) is 3. The number of ether oxygens (including phenoxy) is 2. The summed E-state index contributed by atoms with van der Waals surface area (Å²) in [5, 5.41) is 0. The third-order valence-electron chi connectivity index (χ3n) is 2.61. The van der Waals surface area contributed by atoms with E-state index in [1.165, 1.54) is 6.42 Å². The topological polar surface area (TPSA) is 35.5 Å². The Morgan fingerprint density at radius 1 is 1.20 bits per heavy atom. The number of carbonyl (C=O) groups is 1. The van der Waals surface area contributed by atoms with Gasteiger partial charge in [-0.3, -0.25) is 4.79 Å². The molecule has 0 aromatic carbocycles. The molecule has 3 heteroatoms. The number of hydrogen-bond donors (Lipinski definition) is 0. The minimum Gasteiger partial charge on any atom is -0.353 e. The lowest BCUT2D eigenvalue weighted by Crippen LogP contribution is -2.25. The Morgan fingerprint density at radius 2 is 1.93 bits per heavy atom. The summed E-state index contributed by atoms with van der Waals surface area (Å²) in [4.78, 5) is 11.4. The fourth-order valence-electron chi connectivity index (χ4n) is 1.68. The van der Waals surface area contributed by atoms with Crippen LogP contribution in [0.4, 0.5) is 0 Å². The Balaban J connectivity index is 2.00. The zero-order chi connectivity index (χ0) is 10.9. The van der Waals surface area contributed by atoms with Gasteiger partial charge >= 0.3 is 0 Å². The molecule has 0 aromatic heterocycles. The number of unbranched alkanes of at least 4 members (excludes halogenated alkanes) is 2. The summed E-state index contributed by atoms with van der Waals surface area (Å²) in [5.74, 6) is 0.348. The largest absolute Gasteiger partial charge is 0.353 e. The van der Waals surface area contributed by atoms with Gasteiger partial charge in [-0.2, -0.15) is 0 Å². The van der Waals surface area contributed by atoms with Crippen LogP contribution in [0.3, 0.4) is 0 Å². The Kier molecular flexibility index (Phi) is 6.60. The maximum absolute atomic E-state index is 11.4. The molecular weight excluding hydrogens is 192 g/mol. The van der Waals surface area contributed by atoms with Crippen LogP contribution < -0.4 is 0 Å². The Hall–Kier alpha value is -0.410. The SMILES string of the molecule is CCCCCC(=O)CCC1OCCCO1. The predicted molar refractivity (Wildman–Crippen MR) is 58.7 cm³/mol. The highest BCUT2D eigenvalue weighted by Gasteiger charge is 2.15. The standard InChI is InChI=1S/C12H22O3/c1-2-3-4-6-11(13)7-8-12-14-9-5-10-15-12/h12H,2-10H2,1H3. The van der Waals surface area contributed by atoms with Crippen LogP contribution in [0, 0.1) is 0 Å². The van der Waals surface area contributed by atoms with Gasteiger partial charge in [0.1, 0.15) is 5.78 Å². The van der Waals surface area contributed by atoms with Gasteiger partial charge in [-0.15, -0.1) is 0 Å². The van der Waals surface area contributed by atoms with Gasteiger partial charge in [-0.25, -0.2) is 0 Å². The smallest absolute Gasteiger partial charge is 0.157 e. The molecule has 0 aliphatic carbocycles. The van der Waals surface area contributed by atoms with Gasteiger partial charge in [-0.05, 0) is 12.8 Å². The maximum Gasteiger partial charge on any atom is 0.157 e. The molecule has 1 fully saturated rings. The van der Waals surface area contributed by atoms with Crippen molar-refractivity contribution in [1.82, 2.24) is 0 Å². The normalized spacial score (nSPS) is 17.9. The fourth-order valence-corrected chi connectivity index (χ4v) is 1.68. The second-order valence-corrected chi connectivity index (χ2v) is 4.06. The van der Waals surface area contributed by atoms with Crippen molar-refractivity contribution in [3.8, 4) is 0 Å². The molecule has 0 spiro atoms. The first kappa shape index (κ1) is 12.7. The van der Waals surface area contributed by atoms with E-state index in [1.54, 1.807) is 0 Å². The summed E-state index contributed by atoms with van der Waals surface area (Å²) in [6.45, 7) is 3.69. The molecule has 0 saturated carbocycles. The second kappa shape index (κ2) is 7.83. The average Bonchev–Trinajstić information content (AvgIpc) is 2.28. The van der Waals surface area contributed by atoms with Crippen molar-refractivity contribution in [3.63, 3.8) is 0 Å². The summed E-state index contributed by atoms with van der Waals surface area (Å²) in [5.41, 5.74) is 0. The van der Waals surface area contributed by atoms with Crippen molar-refractivity contribution in [1.29, 1.82) is 0 Å². The Morgan fingerprint density at radius 3 is 2.60 bits per heavy atom. The van der Waals surface area contributed by atoms with Crippen molar-refractivity contribution in [2.24, 2.45) is 0 Å². The molecule has 15 heavy (non-hydrogen) atoms. The summed E-state index contributed by atoms with van der Waals surface area (Å²) >= 11 is 0. The second-order valence-electron chi connectivity index (χ2n) is 4.06. The van der Waals surface area contributed by atoms with Crippen molar-refractivity contribution >= 4 is 5.78 Å². The third-order valence-corrected chi connectivity index (χ3v) is 2.61. The van der Waals surface area contributed by atoms with E-state index in [-0.39, 0.29) is 6.29 Å². The number of ketones is 1. The number of Topliss-reactive ketones (excluding diaryl/α,β-unsaturated/α-hetero) is 1. The van der Waals surface area contributed by atoms with E-state index < -0.39 is 0 Å². The molecule has 88 valence electrons. The molecule has 0 atom stereocenters. The first-order valence-electron chi connectivity index (χ1n) is 6.08. The van der Waals surface area contributed by atoms with E-state index in [1.807, 2.05) is 0 Å². The van der Waals surface area contributed by atoms with Crippen LogP contribution in [0.5, 0.6) is 0 Å². The zero-order valence-electron chi connectivity index (χ0n) is 9.67. The van der Waals surface area contributed by atoms with Crippen LogP contribution in [0.1, 0.15) is 51.9 Å². The highest BCUT2D eigenvalue weighted by molar-refractivity contribution is 5.78. The van der Waals surface area contributed by atoms with Gasteiger partial charge in [0.25, 0.3) is 0 Å². The predicted octanol–water partition coefficient (Wildman–Crippen LogP) is 2.68. The van der Waals surface area contributed by atoms with Crippen LogP contribution in [-0.4, -0.2) is 25.3 Å². The van der Waals surface area contributed by atoms with Gasteiger partial charge in [0.05, 0.1) is 13.2 Å². The van der Waals surface area contributed by atoms with E-state index >= 15 is 0 Å². The van der Waals surface area contributed by atoms with Gasteiger partial charge in [0.15, 0.2) is 6.29 Å². The molecule has 0 aromatic rings. The Labute approximate surface area is 92.1 Å². The van der Waals surface area contributed by atoms with Crippen molar-refractivity contribution in [2.45, 2.75) is 58.2 Å². The molecule has 1 rings (SSSR count). The lowest BCUT2D eigenvalue weighted by molar-refractivity contribution is -0.182. The molecule has 0 bridgehead atoms. The summed E-state index contributed by atoms with van der Waals surface area (Å²) in [6, 6.07) is 0. The van der Waals surface area contributed by atoms with E-state index in [9.17, 15) is 4.79 Å². The molecule has 1 heterocycles. The molecule has 1 aliphatic rings. The van der Waals surface area contributed by atoms with Crippen LogP contribution in [0.25, 0.3) is 0 Å². The molecule has 0 amide bonds. The summed E-state index contributed by atoms with van der Waals surface area (Å²) in [7, 11) is 0. The van der Waals surface area contributed by atoms with E-state index in [2.05, 4.69) is 6.92 Å². The van der Waals surface area contributed by atoms with Crippen LogP contribution >= 0.6 is 0 Å². The maximum atomic E-state index is 11.4. The summed E-state index contributed by atoms with van der Waals surface area (Å²) in [6.07, 6.45) is 6.25. The number of rotatable bonds is 7. The zero-order valence-corrected chi connectivity index (χ0v) is 9.67. The minimum atomic E-state index is -0.131. The van der Waals surface area contributed by atoms with E-state index in [4.69, 9.17) is 9.47 Å². The first-order chi connectivity index (χ1) is 7.33. The lowest BCUT2D eigenvalue weighted by Gasteiger charge is -2.22. The number of carbonyl (C=O) groups excluding carboxylic acids is 1. The van der Waals surface area contributed by atoms with Crippen LogP contribution in [0.2, 0.25) is 0 Å². The van der Waals surface area contributed by atoms with E-state index in [0.717, 1.165) is 45.3 Å². The lowest BCUT2D eigenvalue weighted by atomic mass is 10.1. The van der Waals surface area contributed by atoms with Gasteiger partial charge in [0, 0.05) is 19.3 Å². The molecule has 3 nitrogen and oxygen atoms in total. The monoisotopic (exact) mass is 214 g/mol. The molecule has 1 aliphatic heterocycles. The third kappa shape index (κ3) is 5.90. The highest BCUT2D eigenvalue weighted by Crippen LogP contribution is 2.12. The molecule has 0 unspecified atom stereocenters. The first-order valence-corrected chi connectivity index (χ1v) is 6.08. The van der Waals surface area contributed by atoms with Crippen molar-refractivity contribution < 1.29 is 14.3 Å². The average molecular weight is 214 g/mol. The molecular formula is C12H22O3. The fraction of sp³-hybridized carbons (Fsp3) is 0.917. The van der Waals surface area contributed by atoms with Crippen LogP contribution in [0.15, 0.2) is 0 Å². The van der Waals surface area contributed by atoms with Crippen molar-refractivity contribution in [2.75, 3.05) is 13.2 Å². The quantitative estimate of drug-likeness (QED) is 0.611. The highest BCUT2D eigenvalue weighted by atomic mass is 16.7. The van der Waals surface area contributed by atoms with E-state index in [0.29, 0.717) is 12.2 Å². The summed E-state index contributed by atoms with van der Waals surface area (Å²) < 4.78 is 10.8. The van der Waals surface area contributed by atoms with Crippen LogP contribution in [-0.2, 0) is 14.3 Å². The molecule has 1 saturated heterocycles.